The molecule has 1 saturated heterocycles. The second-order valence-electron chi connectivity index (χ2n) is 6.26. The molecule has 1 aliphatic rings. The number of rotatable bonds is 7. The van der Waals surface area contributed by atoms with E-state index in [9.17, 15) is 18.0 Å². The van der Waals surface area contributed by atoms with Gasteiger partial charge in [-0.2, -0.15) is 4.31 Å². The third-order valence-electron chi connectivity index (χ3n) is 4.55. The number of benzene rings is 1. The third kappa shape index (κ3) is 4.60. The van der Waals surface area contributed by atoms with Crippen LogP contribution in [0.15, 0.2) is 29.2 Å². The maximum atomic E-state index is 12.7. The van der Waals surface area contributed by atoms with Crippen LogP contribution in [0.3, 0.4) is 0 Å². The standard InChI is InChI=1S/C17H24N2O6S/c1-18(11-12-25-2)16(20)13-7-9-19(10-8-13)26(23,24)15-5-3-14(4-6-15)17(21)22/h3-6,13H,7-12H2,1-2H3,(H,21,22). The van der Waals surface area contributed by atoms with Crippen LogP contribution < -0.4 is 0 Å². The molecule has 0 spiro atoms. The number of sulfonamides is 1. The summed E-state index contributed by atoms with van der Waals surface area (Å²) < 4.78 is 31.7. The number of nitrogens with zero attached hydrogens (tertiary/aromatic N) is 2. The van der Waals surface area contributed by atoms with Crippen LogP contribution in [0.1, 0.15) is 23.2 Å². The van der Waals surface area contributed by atoms with Gasteiger partial charge in [-0.05, 0) is 37.1 Å². The van der Waals surface area contributed by atoms with Gasteiger partial charge in [-0.25, -0.2) is 13.2 Å². The zero-order valence-electron chi connectivity index (χ0n) is 14.9. The number of methoxy groups -OCH3 is 1. The fraction of sp³-hybridized carbons (Fsp3) is 0.529. The van der Waals surface area contributed by atoms with E-state index in [1.54, 1.807) is 19.1 Å². The van der Waals surface area contributed by atoms with Gasteiger partial charge in [0.05, 0.1) is 17.1 Å². The van der Waals surface area contributed by atoms with E-state index >= 15 is 0 Å². The number of hydrogen-bond donors (Lipinski definition) is 1. The van der Waals surface area contributed by atoms with Crippen LogP contribution >= 0.6 is 0 Å². The molecule has 9 heteroatoms. The van der Waals surface area contributed by atoms with E-state index in [0.29, 0.717) is 26.0 Å². The van der Waals surface area contributed by atoms with Gasteiger partial charge in [-0.3, -0.25) is 4.79 Å². The lowest BCUT2D eigenvalue weighted by Gasteiger charge is -2.32. The maximum absolute atomic E-state index is 12.7. The van der Waals surface area contributed by atoms with E-state index in [-0.39, 0.29) is 35.4 Å². The molecule has 0 atom stereocenters. The highest BCUT2D eigenvalue weighted by Crippen LogP contribution is 2.25. The molecular weight excluding hydrogens is 360 g/mol. The van der Waals surface area contributed by atoms with E-state index in [2.05, 4.69) is 0 Å². The quantitative estimate of drug-likeness (QED) is 0.749. The first-order valence-electron chi connectivity index (χ1n) is 8.34. The lowest BCUT2D eigenvalue weighted by atomic mass is 9.97. The molecular formula is C17H24N2O6S. The fourth-order valence-corrected chi connectivity index (χ4v) is 4.38. The zero-order valence-corrected chi connectivity index (χ0v) is 15.7. The van der Waals surface area contributed by atoms with Gasteiger partial charge in [-0.15, -0.1) is 0 Å². The number of amides is 1. The monoisotopic (exact) mass is 384 g/mol. The second kappa shape index (κ2) is 8.61. The van der Waals surface area contributed by atoms with Gasteiger partial charge in [0.15, 0.2) is 0 Å². The Kier molecular flexibility index (Phi) is 6.74. The van der Waals surface area contributed by atoms with E-state index in [0.717, 1.165) is 0 Å². The minimum absolute atomic E-state index is 0.00455. The van der Waals surface area contributed by atoms with Crippen LogP contribution in [0.2, 0.25) is 0 Å². The second-order valence-corrected chi connectivity index (χ2v) is 8.20. The molecule has 0 aliphatic carbocycles. The van der Waals surface area contributed by atoms with E-state index in [4.69, 9.17) is 9.84 Å². The Morgan fingerprint density at radius 2 is 1.81 bits per heavy atom. The van der Waals surface area contributed by atoms with Gasteiger partial charge in [0.25, 0.3) is 0 Å². The lowest BCUT2D eigenvalue weighted by Crippen LogP contribution is -2.44. The van der Waals surface area contributed by atoms with Gasteiger partial charge in [0.1, 0.15) is 0 Å². The Hall–Kier alpha value is -1.97. The van der Waals surface area contributed by atoms with Crippen LogP contribution in [0, 0.1) is 5.92 Å². The Morgan fingerprint density at radius 1 is 1.23 bits per heavy atom. The first-order chi connectivity index (χ1) is 12.3. The van der Waals surface area contributed by atoms with Crippen molar-refractivity contribution < 1.29 is 27.9 Å². The van der Waals surface area contributed by atoms with Crippen molar-refractivity contribution in [2.75, 3.05) is 40.4 Å². The highest BCUT2D eigenvalue weighted by Gasteiger charge is 2.33. The number of ether oxygens (including phenoxy) is 1. The number of carboxylic acids is 1. The van der Waals surface area contributed by atoms with Crippen LogP contribution in [0.5, 0.6) is 0 Å². The molecule has 1 amide bonds. The lowest BCUT2D eigenvalue weighted by molar-refractivity contribution is -0.135. The van der Waals surface area contributed by atoms with Crippen molar-refractivity contribution in [3.63, 3.8) is 0 Å². The number of carbonyl (C=O) groups is 2. The summed E-state index contributed by atoms with van der Waals surface area (Å²) in [7, 11) is -0.402. The van der Waals surface area contributed by atoms with Gasteiger partial charge in [0.2, 0.25) is 15.9 Å². The van der Waals surface area contributed by atoms with Gasteiger partial charge in [0, 0.05) is 39.7 Å². The van der Waals surface area contributed by atoms with Crippen molar-refractivity contribution in [2.45, 2.75) is 17.7 Å². The third-order valence-corrected chi connectivity index (χ3v) is 6.46. The normalized spacial score (nSPS) is 16.4. The SMILES string of the molecule is COCCN(C)C(=O)C1CCN(S(=O)(=O)c2ccc(C(=O)O)cc2)CC1. The molecule has 0 bridgehead atoms. The molecule has 26 heavy (non-hydrogen) atoms. The largest absolute Gasteiger partial charge is 0.478 e. The molecule has 0 saturated carbocycles. The number of aromatic carboxylic acids is 1. The Labute approximate surface area is 153 Å². The van der Waals surface area contributed by atoms with E-state index < -0.39 is 16.0 Å². The van der Waals surface area contributed by atoms with Crippen LogP contribution in [-0.4, -0.2) is 75.0 Å². The number of carbonyl (C=O) groups excluding carboxylic acids is 1. The first kappa shape index (κ1) is 20.3. The maximum Gasteiger partial charge on any atom is 0.335 e. The minimum Gasteiger partial charge on any atom is -0.478 e. The molecule has 0 aromatic heterocycles. The van der Waals surface area contributed by atoms with Gasteiger partial charge < -0.3 is 14.7 Å². The molecule has 2 rings (SSSR count). The van der Waals surface area contributed by atoms with Crippen molar-refractivity contribution in [2.24, 2.45) is 5.92 Å². The molecule has 1 aromatic rings. The van der Waals surface area contributed by atoms with Crippen molar-refractivity contribution in [3.05, 3.63) is 29.8 Å². The highest BCUT2D eigenvalue weighted by molar-refractivity contribution is 7.89. The van der Waals surface area contributed by atoms with Crippen molar-refractivity contribution in [1.82, 2.24) is 9.21 Å². The molecule has 0 unspecified atom stereocenters. The van der Waals surface area contributed by atoms with Crippen molar-refractivity contribution >= 4 is 21.9 Å². The van der Waals surface area contributed by atoms with E-state index in [1.165, 1.54) is 28.6 Å². The number of piperidine rings is 1. The first-order valence-corrected chi connectivity index (χ1v) is 9.78. The summed E-state index contributed by atoms with van der Waals surface area (Å²) in [5, 5.41) is 8.90. The summed E-state index contributed by atoms with van der Waals surface area (Å²) in [6.45, 7) is 1.49. The van der Waals surface area contributed by atoms with E-state index in [1.807, 2.05) is 0 Å². The molecule has 144 valence electrons. The van der Waals surface area contributed by atoms with Crippen LogP contribution in [0.25, 0.3) is 0 Å². The van der Waals surface area contributed by atoms with Gasteiger partial charge >= 0.3 is 5.97 Å². The predicted molar refractivity (Wildman–Crippen MR) is 94.4 cm³/mol. The summed E-state index contributed by atoms with van der Waals surface area (Å²) in [6.07, 6.45) is 0.922. The molecule has 1 fully saturated rings. The molecule has 8 nitrogen and oxygen atoms in total. The Balaban J connectivity index is 1.99. The van der Waals surface area contributed by atoms with Gasteiger partial charge in [-0.1, -0.05) is 0 Å². The summed E-state index contributed by atoms with van der Waals surface area (Å²) in [4.78, 5) is 24.9. The smallest absolute Gasteiger partial charge is 0.335 e. The average Bonchev–Trinajstić information content (AvgIpc) is 2.65. The summed E-state index contributed by atoms with van der Waals surface area (Å²) >= 11 is 0. The number of carboxylic acid groups (broad SMARTS) is 1. The molecule has 1 heterocycles. The molecule has 0 radical (unpaired) electrons. The van der Waals surface area contributed by atoms with Crippen LogP contribution in [0.4, 0.5) is 0 Å². The Bertz CT molecular complexity index is 739. The van der Waals surface area contributed by atoms with Crippen molar-refractivity contribution in [1.29, 1.82) is 0 Å². The van der Waals surface area contributed by atoms with Crippen LogP contribution in [-0.2, 0) is 19.6 Å². The summed E-state index contributed by atoms with van der Waals surface area (Å²) in [5.41, 5.74) is 0.0346. The fourth-order valence-electron chi connectivity index (χ4n) is 2.91. The van der Waals surface area contributed by atoms with Crippen molar-refractivity contribution in [3.8, 4) is 0 Å². The number of hydrogen-bond acceptors (Lipinski definition) is 5. The highest BCUT2D eigenvalue weighted by atomic mass is 32.2. The molecule has 1 aromatic carbocycles. The average molecular weight is 384 g/mol. The Morgan fingerprint density at radius 3 is 2.31 bits per heavy atom. The zero-order chi connectivity index (χ0) is 19.3. The predicted octanol–water partition coefficient (Wildman–Crippen LogP) is 0.890. The summed E-state index contributed by atoms with van der Waals surface area (Å²) in [6, 6.07) is 5.15. The molecule has 1 N–H and O–H groups in total. The number of likely N-dealkylation sites (N-methyl/N-ethyl adjacent to an activating group) is 1. The molecule has 1 aliphatic heterocycles. The minimum atomic E-state index is -3.69. The summed E-state index contributed by atoms with van der Waals surface area (Å²) in [5.74, 6) is -1.30. The topological polar surface area (TPSA) is 104 Å².